The summed E-state index contributed by atoms with van der Waals surface area (Å²) in [6.45, 7) is 5.07. The molecule has 0 saturated carbocycles. The summed E-state index contributed by atoms with van der Waals surface area (Å²) in [7, 11) is 0. The van der Waals surface area contributed by atoms with Crippen molar-refractivity contribution in [2.24, 2.45) is 0 Å². The summed E-state index contributed by atoms with van der Waals surface area (Å²) in [5.41, 5.74) is -0.913. The van der Waals surface area contributed by atoms with Crippen LogP contribution in [0.4, 0.5) is 13.2 Å². The first-order chi connectivity index (χ1) is 8.99. The van der Waals surface area contributed by atoms with Crippen molar-refractivity contribution in [3.8, 4) is 0 Å². The SMILES string of the molecule is CC(C)(C)OC(=O)Cc1ccnc(C(O)C(F)(F)F)c1. The summed E-state index contributed by atoms with van der Waals surface area (Å²) in [5, 5.41) is 9.10. The topological polar surface area (TPSA) is 59.4 Å². The number of halogens is 3. The lowest BCUT2D eigenvalue weighted by Gasteiger charge is -2.19. The van der Waals surface area contributed by atoms with Crippen LogP contribution in [0.5, 0.6) is 0 Å². The Morgan fingerprint density at radius 3 is 2.50 bits per heavy atom. The lowest BCUT2D eigenvalue weighted by molar-refractivity contribution is -0.207. The third kappa shape index (κ3) is 5.16. The third-order valence-corrected chi connectivity index (χ3v) is 2.20. The summed E-state index contributed by atoms with van der Waals surface area (Å²) in [5.74, 6) is -0.559. The lowest BCUT2D eigenvalue weighted by Crippen LogP contribution is -2.25. The summed E-state index contributed by atoms with van der Waals surface area (Å²) >= 11 is 0. The molecule has 20 heavy (non-hydrogen) atoms. The molecule has 1 atom stereocenters. The summed E-state index contributed by atoms with van der Waals surface area (Å²) in [4.78, 5) is 15.0. The number of nitrogens with zero attached hydrogens (tertiary/aromatic N) is 1. The highest BCUT2D eigenvalue weighted by Crippen LogP contribution is 2.31. The molecule has 1 unspecified atom stereocenters. The Labute approximate surface area is 114 Å². The van der Waals surface area contributed by atoms with Crippen LogP contribution < -0.4 is 0 Å². The van der Waals surface area contributed by atoms with Crippen LogP contribution in [0.25, 0.3) is 0 Å². The zero-order valence-corrected chi connectivity index (χ0v) is 11.4. The molecule has 0 amide bonds. The van der Waals surface area contributed by atoms with E-state index in [0.29, 0.717) is 5.56 Å². The molecule has 1 aromatic rings. The number of esters is 1. The normalized spacial score (nSPS) is 13.9. The number of aliphatic hydroxyl groups excluding tert-OH is 1. The molecule has 0 saturated heterocycles. The van der Waals surface area contributed by atoms with E-state index in [9.17, 15) is 18.0 Å². The number of ether oxygens (including phenoxy) is 1. The fourth-order valence-corrected chi connectivity index (χ4v) is 1.47. The van der Waals surface area contributed by atoms with Gasteiger partial charge in [0.1, 0.15) is 5.60 Å². The van der Waals surface area contributed by atoms with Gasteiger partial charge in [-0.2, -0.15) is 13.2 Å². The van der Waals surface area contributed by atoms with E-state index in [1.807, 2.05) is 0 Å². The molecule has 1 N–H and O–H groups in total. The van der Waals surface area contributed by atoms with Crippen LogP contribution in [-0.4, -0.2) is 27.8 Å². The standard InChI is InChI=1S/C13H16F3NO3/c1-12(2,3)20-10(18)7-8-4-5-17-9(6-8)11(19)13(14,15)16/h4-6,11,19H,7H2,1-3H3. The number of alkyl halides is 3. The fraction of sp³-hybridized carbons (Fsp3) is 0.538. The second kappa shape index (κ2) is 5.78. The molecule has 0 spiro atoms. The van der Waals surface area contributed by atoms with E-state index in [4.69, 9.17) is 9.84 Å². The van der Waals surface area contributed by atoms with Crippen molar-refractivity contribution < 1.29 is 27.8 Å². The van der Waals surface area contributed by atoms with Crippen molar-refractivity contribution in [2.75, 3.05) is 0 Å². The highest BCUT2D eigenvalue weighted by molar-refractivity contribution is 5.72. The Morgan fingerprint density at radius 1 is 1.40 bits per heavy atom. The molecule has 4 nitrogen and oxygen atoms in total. The van der Waals surface area contributed by atoms with Crippen LogP contribution in [0.2, 0.25) is 0 Å². The molecule has 0 bridgehead atoms. The summed E-state index contributed by atoms with van der Waals surface area (Å²) < 4.78 is 42.2. The van der Waals surface area contributed by atoms with Crippen LogP contribution in [0.15, 0.2) is 18.3 Å². The van der Waals surface area contributed by atoms with E-state index in [1.54, 1.807) is 20.8 Å². The number of aliphatic hydroxyl groups is 1. The molecule has 1 heterocycles. The van der Waals surface area contributed by atoms with Gasteiger partial charge in [0.05, 0.1) is 12.1 Å². The molecule has 0 radical (unpaired) electrons. The van der Waals surface area contributed by atoms with Gasteiger partial charge in [-0.15, -0.1) is 0 Å². The molecule has 1 aromatic heterocycles. The average molecular weight is 291 g/mol. The van der Waals surface area contributed by atoms with E-state index >= 15 is 0 Å². The van der Waals surface area contributed by atoms with Gasteiger partial charge in [-0.1, -0.05) is 0 Å². The minimum atomic E-state index is -4.79. The summed E-state index contributed by atoms with van der Waals surface area (Å²) in [6.07, 6.45) is -6.53. The number of carbonyl (C=O) groups excluding carboxylic acids is 1. The van der Waals surface area contributed by atoms with Gasteiger partial charge >= 0.3 is 12.1 Å². The van der Waals surface area contributed by atoms with E-state index < -0.39 is 29.5 Å². The fourth-order valence-electron chi connectivity index (χ4n) is 1.47. The van der Waals surface area contributed by atoms with Crippen molar-refractivity contribution in [3.63, 3.8) is 0 Å². The summed E-state index contributed by atoms with van der Waals surface area (Å²) in [6, 6.07) is 2.44. The Balaban J connectivity index is 2.82. The van der Waals surface area contributed by atoms with Gasteiger partial charge in [-0.3, -0.25) is 9.78 Å². The maximum atomic E-state index is 12.4. The van der Waals surface area contributed by atoms with Crippen molar-refractivity contribution in [2.45, 2.75) is 45.1 Å². The van der Waals surface area contributed by atoms with E-state index in [1.165, 1.54) is 6.07 Å². The van der Waals surface area contributed by atoms with Crippen molar-refractivity contribution >= 4 is 5.97 Å². The third-order valence-electron chi connectivity index (χ3n) is 2.20. The van der Waals surface area contributed by atoms with Gasteiger partial charge in [0.25, 0.3) is 0 Å². The van der Waals surface area contributed by atoms with Gasteiger partial charge in [0.2, 0.25) is 0 Å². The smallest absolute Gasteiger partial charge is 0.420 e. The van der Waals surface area contributed by atoms with Gasteiger partial charge in [0, 0.05) is 6.20 Å². The molecular weight excluding hydrogens is 275 g/mol. The first-order valence-electron chi connectivity index (χ1n) is 5.90. The quantitative estimate of drug-likeness (QED) is 0.870. The predicted molar refractivity (Wildman–Crippen MR) is 64.8 cm³/mol. The van der Waals surface area contributed by atoms with Crippen molar-refractivity contribution in [1.82, 2.24) is 4.98 Å². The molecular formula is C13H16F3NO3. The molecule has 0 aliphatic carbocycles. The number of rotatable bonds is 3. The minimum Gasteiger partial charge on any atom is -0.460 e. The molecule has 0 aliphatic rings. The number of carbonyl (C=O) groups is 1. The molecule has 112 valence electrons. The molecule has 1 rings (SSSR count). The number of aromatic nitrogens is 1. The van der Waals surface area contributed by atoms with E-state index in [0.717, 1.165) is 12.3 Å². The van der Waals surface area contributed by atoms with Crippen LogP contribution in [0, 0.1) is 0 Å². The van der Waals surface area contributed by atoms with Gasteiger partial charge < -0.3 is 9.84 Å². The first-order valence-corrected chi connectivity index (χ1v) is 5.90. The predicted octanol–water partition coefficient (Wildman–Crippen LogP) is 2.56. The zero-order chi connectivity index (χ0) is 15.6. The average Bonchev–Trinajstić information content (AvgIpc) is 2.24. The van der Waals surface area contributed by atoms with E-state index in [-0.39, 0.29) is 6.42 Å². The maximum Gasteiger partial charge on any atom is 0.420 e. The Bertz CT molecular complexity index is 480. The molecule has 7 heteroatoms. The van der Waals surface area contributed by atoms with Crippen LogP contribution >= 0.6 is 0 Å². The Kier molecular flexibility index (Phi) is 4.75. The highest BCUT2D eigenvalue weighted by atomic mass is 19.4. The molecule has 0 aliphatic heterocycles. The maximum absolute atomic E-state index is 12.4. The molecule has 0 fully saturated rings. The first kappa shape index (κ1) is 16.4. The second-order valence-electron chi connectivity index (χ2n) is 5.30. The lowest BCUT2D eigenvalue weighted by atomic mass is 10.1. The Morgan fingerprint density at radius 2 is 2.00 bits per heavy atom. The van der Waals surface area contributed by atoms with Gasteiger partial charge in [-0.25, -0.2) is 0 Å². The zero-order valence-electron chi connectivity index (χ0n) is 11.4. The van der Waals surface area contributed by atoms with E-state index in [2.05, 4.69) is 4.98 Å². The van der Waals surface area contributed by atoms with Crippen LogP contribution in [0.1, 0.15) is 38.1 Å². The number of hydrogen-bond acceptors (Lipinski definition) is 4. The monoisotopic (exact) mass is 291 g/mol. The number of pyridine rings is 1. The van der Waals surface area contributed by atoms with Crippen molar-refractivity contribution in [3.05, 3.63) is 29.6 Å². The minimum absolute atomic E-state index is 0.183. The number of hydrogen-bond donors (Lipinski definition) is 1. The Hall–Kier alpha value is -1.63. The largest absolute Gasteiger partial charge is 0.460 e. The van der Waals surface area contributed by atoms with Crippen LogP contribution in [0.3, 0.4) is 0 Å². The van der Waals surface area contributed by atoms with Crippen molar-refractivity contribution in [1.29, 1.82) is 0 Å². The highest BCUT2D eigenvalue weighted by Gasteiger charge is 2.40. The van der Waals surface area contributed by atoms with Crippen LogP contribution in [-0.2, 0) is 16.0 Å². The second-order valence-corrected chi connectivity index (χ2v) is 5.30. The van der Waals surface area contributed by atoms with Gasteiger partial charge in [0.15, 0.2) is 6.10 Å². The molecule has 0 aromatic carbocycles. The van der Waals surface area contributed by atoms with Gasteiger partial charge in [-0.05, 0) is 38.5 Å².